The second-order valence-electron chi connectivity index (χ2n) is 9.39. The van der Waals surface area contributed by atoms with Gasteiger partial charge in [0.15, 0.2) is 0 Å². The van der Waals surface area contributed by atoms with Crippen LogP contribution in [-0.2, 0) is 9.59 Å². The summed E-state index contributed by atoms with van der Waals surface area (Å²) in [7, 11) is 0. The number of thiophene rings is 1. The normalized spacial score (nSPS) is 11.9. The van der Waals surface area contributed by atoms with E-state index in [4.69, 9.17) is 4.74 Å². The van der Waals surface area contributed by atoms with Crippen LogP contribution in [0.1, 0.15) is 61.0 Å². The fourth-order valence-corrected chi connectivity index (χ4v) is 4.34. The molecule has 0 aliphatic heterocycles. The van der Waals surface area contributed by atoms with Crippen molar-refractivity contribution < 1.29 is 19.1 Å². The summed E-state index contributed by atoms with van der Waals surface area (Å²) in [6, 6.07) is 17.1. The molecule has 1 heterocycles. The highest BCUT2D eigenvalue weighted by Gasteiger charge is 2.35. The lowest BCUT2D eigenvalue weighted by atomic mass is 9.97. The topological polar surface area (TPSA) is 87.7 Å². The van der Waals surface area contributed by atoms with E-state index < -0.39 is 17.5 Å². The minimum absolute atomic E-state index is 0.267. The van der Waals surface area contributed by atoms with E-state index >= 15 is 0 Å². The molecule has 0 saturated carbocycles. The van der Waals surface area contributed by atoms with Crippen molar-refractivity contribution in [3.63, 3.8) is 0 Å². The molecule has 0 aliphatic rings. The number of nitrogens with zero attached hydrogens (tertiary/aromatic N) is 1. The van der Waals surface area contributed by atoms with Crippen molar-refractivity contribution in [3.05, 3.63) is 82.0 Å². The predicted octanol–water partition coefficient (Wildman–Crippen LogP) is 5.26. The zero-order chi connectivity index (χ0) is 27.0. The van der Waals surface area contributed by atoms with Gasteiger partial charge in [-0.25, -0.2) is 0 Å². The Hall–Kier alpha value is -3.65. The van der Waals surface area contributed by atoms with Crippen LogP contribution in [0.3, 0.4) is 0 Å². The molecule has 0 saturated heterocycles. The average Bonchev–Trinajstić information content (AvgIpc) is 3.42. The monoisotopic (exact) mass is 521 g/mol. The van der Waals surface area contributed by atoms with Gasteiger partial charge in [-0.05, 0) is 75.4 Å². The van der Waals surface area contributed by atoms with Gasteiger partial charge in [-0.1, -0.05) is 42.8 Å². The standard InChI is InChI=1S/C29H35N3O4S/c1-6-29(4,5)31-28(35)26(21-12-10-20(3)11-13-21)32(22-14-16-23(17-15-22)36-7-2)25(33)19-30-27(34)24-9-8-18-37-24/h8-18,26H,6-7,19H2,1-5H3,(H,30,34)(H,31,35)/t26-/m0/s1. The molecule has 37 heavy (non-hydrogen) atoms. The Morgan fingerprint density at radius 3 is 2.24 bits per heavy atom. The van der Waals surface area contributed by atoms with Crippen LogP contribution < -0.4 is 20.3 Å². The van der Waals surface area contributed by atoms with Crippen LogP contribution in [0, 0.1) is 6.92 Å². The van der Waals surface area contributed by atoms with Crippen molar-refractivity contribution in [1.29, 1.82) is 0 Å². The first-order valence-corrected chi connectivity index (χ1v) is 13.3. The highest BCUT2D eigenvalue weighted by Crippen LogP contribution is 2.30. The van der Waals surface area contributed by atoms with Crippen molar-refractivity contribution in [2.24, 2.45) is 0 Å². The molecule has 0 bridgehead atoms. The number of anilines is 1. The lowest BCUT2D eigenvalue weighted by Gasteiger charge is -2.34. The molecule has 2 N–H and O–H groups in total. The molecule has 3 amide bonds. The second kappa shape index (κ2) is 12.5. The van der Waals surface area contributed by atoms with Crippen molar-refractivity contribution in [2.45, 2.75) is 52.6 Å². The molecule has 0 fully saturated rings. The van der Waals surface area contributed by atoms with E-state index in [1.807, 2.05) is 58.9 Å². The SMILES string of the molecule is CCOc1ccc(N(C(=O)CNC(=O)c2cccs2)[C@H](C(=O)NC(C)(C)CC)c2ccc(C)cc2)cc1. The van der Waals surface area contributed by atoms with E-state index in [-0.39, 0.29) is 18.4 Å². The van der Waals surface area contributed by atoms with Gasteiger partial charge in [0, 0.05) is 11.2 Å². The van der Waals surface area contributed by atoms with Crippen LogP contribution in [0.5, 0.6) is 5.75 Å². The van der Waals surface area contributed by atoms with Gasteiger partial charge in [-0.3, -0.25) is 19.3 Å². The van der Waals surface area contributed by atoms with Gasteiger partial charge in [0.25, 0.3) is 5.91 Å². The Morgan fingerprint density at radius 2 is 1.68 bits per heavy atom. The van der Waals surface area contributed by atoms with E-state index in [1.165, 1.54) is 16.2 Å². The van der Waals surface area contributed by atoms with Crippen LogP contribution in [0.15, 0.2) is 66.0 Å². The van der Waals surface area contributed by atoms with Gasteiger partial charge in [0.05, 0.1) is 18.0 Å². The van der Waals surface area contributed by atoms with Gasteiger partial charge in [0.2, 0.25) is 11.8 Å². The van der Waals surface area contributed by atoms with Crippen molar-refractivity contribution in [2.75, 3.05) is 18.1 Å². The fourth-order valence-electron chi connectivity index (χ4n) is 3.70. The number of carbonyl (C=O) groups is 3. The first kappa shape index (κ1) is 27.9. The predicted molar refractivity (Wildman–Crippen MR) is 148 cm³/mol. The molecular formula is C29H35N3O4S. The molecule has 2 aromatic carbocycles. The zero-order valence-corrected chi connectivity index (χ0v) is 22.9. The van der Waals surface area contributed by atoms with Gasteiger partial charge < -0.3 is 15.4 Å². The molecule has 0 radical (unpaired) electrons. The third-order valence-electron chi connectivity index (χ3n) is 6.08. The molecule has 196 valence electrons. The third kappa shape index (κ3) is 7.43. The molecule has 1 atom stereocenters. The molecule has 0 unspecified atom stereocenters. The fraction of sp³-hybridized carbons (Fsp3) is 0.345. The number of ether oxygens (including phenoxy) is 1. The second-order valence-corrected chi connectivity index (χ2v) is 10.3. The summed E-state index contributed by atoms with van der Waals surface area (Å²) in [6.45, 7) is 10.00. The summed E-state index contributed by atoms with van der Waals surface area (Å²) in [4.78, 5) is 42.1. The first-order valence-electron chi connectivity index (χ1n) is 12.4. The highest BCUT2D eigenvalue weighted by molar-refractivity contribution is 7.12. The van der Waals surface area contributed by atoms with E-state index in [0.29, 0.717) is 34.9 Å². The van der Waals surface area contributed by atoms with Crippen molar-refractivity contribution in [3.8, 4) is 5.75 Å². The average molecular weight is 522 g/mol. The van der Waals surface area contributed by atoms with E-state index in [0.717, 1.165) is 5.56 Å². The van der Waals surface area contributed by atoms with Crippen molar-refractivity contribution in [1.82, 2.24) is 10.6 Å². The Kier molecular flexibility index (Phi) is 9.47. The summed E-state index contributed by atoms with van der Waals surface area (Å²) >= 11 is 1.30. The number of amides is 3. The first-order chi connectivity index (χ1) is 17.6. The quantitative estimate of drug-likeness (QED) is 0.360. The van der Waals surface area contributed by atoms with Crippen LogP contribution in [0.25, 0.3) is 0 Å². The molecule has 1 aromatic heterocycles. The number of aryl methyl sites for hydroxylation is 1. The molecule has 8 heteroatoms. The zero-order valence-electron chi connectivity index (χ0n) is 22.0. The van der Waals surface area contributed by atoms with Crippen LogP contribution in [0.2, 0.25) is 0 Å². The van der Waals surface area contributed by atoms with Gasteiger partial charge >= 0.3 is 0 Å². The summed E-state index contributed by atoms with van der Waals surface area (Å²) in [5.74, 6) is -0.391. The molecule has 3 rings (SSSR count). The number of carbonyl (C=O) groups excluding carboxylic acids is 3. The minimum Gasteiger partial charge on any atom is -0.494 e. The molecule has 7 nitrogen and oxygen atoms in total. The van der Waals surface area contributed by atoms with Gasteiger partial charge in [-0.15, -0.1) is 11.3 Å². The molecular weight excluding hydrogens is 486 g/mol. The summed E-state index contributed by atoms with van der Waals surface area (Å²) in [6.07, 6.45) is 0.716. The number of rotatable bonds is 11. The number of hydrogen-bond donors (Lipinski definition) is 2. The summed E-state index contributed by atoms with van der Waals surface area (Å²) < 4.78 is 5.57. The molecule has 3 aromatic rings. The van der Waals surface area contributed by atoms with Crippen molar-refractivity contribution >= 4 is 34.7 Å². The molecule has 0 spiro atoms. The largest absolute Gasteiger partial charge is 0.494 e. The Bertz CT molecular complexity index is 1190. The number of benzene rings is 2. The van der Waals surface area contributed by atoms with Gasteiger partial charge in [-0.2, -0.15) is 0 Å². The lowest BCUT2D eigenvalue weighted by molar-refractivity contribution is -0.127. The smallest absolute Gasteiger partial charge is 0.261 e. The lowest BCUT2D eigenvalue weighted by Crippen LogP contribution is -2.52. The number of nitrogens with one attached hydrogen (secondary N) is 2. The van der Waals surface area contributed by atoms with Crippen LogP contribution in [-0.4, -0.2) is 36.4 Å². The van der Waals surface area contributed by atoms with Crippen LogP contribution >= 0.6 is 11.3 Å². The summed E-state index contributed by atoms with van der Waals surface area (Å²) in [5, 5.41) is 7.61. The van der Waals surface area contributed by atoms with Gasteiger partial charge in [0.1, 0.15) is 11.8 Å². The maximum atomic E-state index is 13.8. The highest BCUT2D eigenvalue weighted by atomic mass is 32.1. The summed E-state index contributed by atoms with van der Waals surface area (Å²) in [5.41, 5.74) is 1.76. The van der Waals surface area contributed by atoms with E-state index in [1.54, 1.807) is 41.8 Å². The van der Waals surface area contributed by atoms with E-state index in [9.17, 15) is 14.4 Å². The number of hydrogen-bond acceptors (Lipinski definition) is 5. The maximum absolute atomic E-state index is 13.8. The van der Waals surface area contributed by atoms with Crippen LogP contribution in [0.4, 0.5) is 5.69 Å². The van der Waals surface area contributed by atoms with E-state index in [2.05, 4.69) is 10.6 Å². The molecule has 0 aliphatic carbocycles. The third-order valence-corrected chi connectivity index (χ3v) is 6.95. The maximum Gasteiger partial charge on any atom is 0.261 e. The Morgan fingerprint density at radius 1 is 1.00 bits per heavy atom. The Labute approximate surface area is 222 Å². The minimum atomic E-state index is -0.949. The Balaban J connectivity index is 2.03.